The van der Waals surface area contributed by atoms with Crippen LogP contribution in [0.2, 0.25) is 0 Å². The minimum Gasteiger partial charge on any atom is -0.493 e. The van der Waals surface area contributed by atoms with Crippen molar-refractivity contribution in [2.45, 2.75) is 51.9 Å². The number of fused-ring (bicyclic) bond motifs is 1. The van der Waals surface area contributed by atoms with Crippen LogP contribution in [0.15, 0.2) is 36.4 Å². The van der Waals surface area contributed by atoms with Crippen molar-refractivity contribution in [3.8, 4) is 5.75 Å². The van der Waals surface area contributed by atoms with Gasteiger partial charge in [0.1, 0.15) is 5.75 Å². The van der Waals surface area contributed by atoms with Crippen molar-refractivity contribution < 1.29 is 19.4 Å². The number of carbonyl (C=O) groups excluding carboxylic acids is 1. The van der Waals surface area contributed by atoms with Crippen LogP contribution in [0.1, 0.15) is 51.0 Å². The van der Waals surface area contributed by atoms with Crippen LogP contribution in [-0.2, 0) is 16.0 Å². The highest BCUT2D eigenvalue weighted by Crippen LogP contribution is 2.28. The number of carbonyl (C=O) groups is 2. The molecule has 0 aromatic heterocycles. The highest BCUT2D eigenvalue weighted by atomic mass is 16.5. The summed E-state index contributed by atoms with van der Waals surface area (Å²) in [5, 5.41) is 13.7. The Kier molecular flexibility index (Phi) is 8.62. The average molecular weight is 371 g/mol. The summed E-state index contributed by atoms with van der Waals surface area (Å²) in [5.41, 5.74) is 1.09. The SMILES string of the molecule is CCCCCCOc1ccc2ccccc2c1CCNC(=O)CCC(=O)O. The van der Waals surface area contributed by atoms with Gasteiger partial charge in [0.05, 0.1) is 13.0 Å². The summed E-state index contributed by atoms with van der Waals surface area (Å²) < 4.78 is 6.04. The number of unbranched alkanes of at least 4 members (excludes halogenated alkanes) is 3. The van der Waals surface area contributed by atoms with Gasteiger partial charge in [0.2, 0.25) is 5.91 Å². The van der Waals surface area contributed by atoms with Gasteiger partial charge in [-0.3, -0.25) is 9.59 Å². The molecule has 27 heavy (non-hydrogen) atoms. The first-order valence-electron chi connectivity index (χ1n) is 9.73. The van der Waals surface area contributed by atoms with Crippen LogP contribution in [0.4, 0.5) is 0 Å². The molecule has 0 unspecified atom stereocenters. The van der Waals surface area contributed by atoms with E-state index in [0.717, 1.165) is 28.5 Å². The summed E-state index contributed by atoms with van der Waals surface area (Å²) >= 11 is 0. The number of aliphatic carboxylic acids is 1. The fourth-order valence-corrected chi connectivity index (χ4v) is 3.06. The molecule has 0 radical (unpaired) electrons. The van der Waals surface area contributed by atoms with E-state index >= 15 is 0 Å². The number of carboxylic acid groups (broad SMARTS) is 1. The molecule has 0 bridgehead atoms. The number of hydrogen-bond donors (Lipinski definition) is 2. The van der Waals surface area contributed by atoms with Crippen molar-refractivity contribution in [2.24, 2.45) is 0 Å². The molecule has 0 saturated heterocycles. The van der Waals surface area contributed by atoms with Crippen LogP contribution in [0.3, 0.4) is 0 Å². The van der Waals surface area contributed by atoms with E-state index in [9.17, 15) is 9.59 Å². The molecule has 0 fully saturated rings. The van der Waals surface area contributed by atoms with Gasteiger partial charge in [-0.25, -0.2) is 0 Å². The smallest absolute Gasteiger partial charge is 0.303 e. The van der Waals surface area contributed by atoms with Crippen LogP contribution in [0.25, 0.3) is 10.8 Å². The molecule has 0 aliphatic heterocycles. The molecule has 2 rings (SSSR count). The Labute approximate surface area is 160 Å². The highest BCUT2D eigenvalue weighted by molar-refractivity contribution is 5.88. The van der Waals surface area contributed by atoms with Crippen molar-refractivity contribution in [1.29, 1.82) is 0 Å². The van der Waals surface area contributed by atoms with E-state index < -0.39 is 5.97 Å². The Balaban J connectivity index is 2.01. The zero-order chi connectivity index (χ0) is 19.5. The number of benzene rings is 2. The van der Waals surface area contributed by atoms with Gasteiger partial charge in [0.15, 0.2) is 0 Å². The summed E-state index contributed by atoms with van der Waals surface area (Å²) in [5.74, 6) is -0.331. The Hall–Kier alpha value is -2.56. The topological polar surface area (TPSA) is 75.6 Å². The van der Waals surface area contributed by atoms with Gasteiger partial charge in [0, 0.05) is 18.5 Å². The van der Waals surface area contributed by atoms with Crippen LogP contribution >= 0.6 is 0 Å². The Morgan fingerprint density at radius 2 is 1.85 bits per heavy atom. The van der Waals surface area contributed by atoms with Crippen molar-refractivity contribution in [3.63, 3.8) is 0 Å². The molecular formula is C22H29NO4. The lowest BCUT2D eigenvalue weighted by Crippen LogP contribution is -2.26. The number of amides is 1. The second-order valence-electron chi connectivity index (χ2n) is 6.67. The average Bonchev–Trinajstić information content (AvgIpc) is 2.67. The first-order chi connectivity index (χ1) is 13.1. The minimum atomic E-state index is -0.960. The third-order valence-electron chi connectivity index (χ3n) is 4.52. The molecule has 0 saturated carbocycles. The molecule has 1 amide bonds. The van der Waals surface area contributed by atoms with E-state index in [2.05, 4.69) is 30.4 Å². The molecule has 0 atom stereocenters. The van der Waals surface area contributed by atoms with E-state index in [4.69, 9.17) is 9.84 Å². The highest BCUT2D eigenvalue weighted by Gasteiger charge is 2.10. The monoisotopic (exact) mass is 371 g/mol. The maximum atomic E-state index is 11.8. The lowest BCUT2D eigenvalue weighted by Gasteiger charge is -2.15. The summed E-state index contributed by atoms with van der Waals surface area (Å²) in [6, 6.07) is 12.2. The van der Waals surface area contributed by atoms with E-state index in [1.807, 2.05) is 18.2 Å². The molecule has 2 aromatic carbocycles. The Morgan fingerprint density at radius 3 is 2.63 bits per heavy atom. The third kappa shape index (κ3) is 6.93. The summed E-state index contributed by atoms with van der Waals surface area (Å²) in [7, 11) is 0. The van der Waals surface area contributed by atoms with Gasteiger partial charge in [-0.15, -0.1) is 0 Å². The van der Waals surface area contributed by atoms with Gasteiger partial charge in [-0.2, -0.15) is 0 Å². The van der Waals surface area contributed by atoms with Gasteiger partial charge >= 0.3 is 5.97 Å². The van der Waals surface area contributed by atoms with Crippen molar-refractivity contribution >= 4 is 22.6 Å². The van der Waals surface area contributed by atoms with Crippen molar-refractivity contribution in [3.05, 3.63) is 42.0 Å². The zero-order valence-corrected chi connectivity index (χ0v) is 16.0. The summed E-state index contributed by atoms with van der Waals surface area (Å²) in [4.78, 5) is 22.3. The van der Waals surface area contributed by atoms with Crippen LogP contribution in [0, 0.1) is 0 Å². The first-order valence-corrected chi connectivity index (χ1v) is 9.73. The largest absolute Gasteiger partial charge is 0.493 e. The number of ether oxygens (including phenoxy) is 1. The molecule has 0 aliphatic carbocycles. The number of rotatable bonds is 12. The third-order valence-corrected chi connectivity index (χ3v) is 4.52. The number of nitrogens with one attached hydrogen (secondary N) is 1. The fraction of sp³-hybridized carbons (Fsp3) is 0.455. The quantitative estimate of drug-likeness (QED) is 0.545. The first kappa shape index (κ1) is 20.7. The van der Waals surface area contributed by atoms with Gasteiger partial charge in [-0.1, -0.05) is 56.5 Å². The zero-order valence-electron chi connectivity index (χ0n) is 16.0. The van der Waals surface area contributed by atoms with E-state index in [0.29, 0.717) is 19.6 Å². The lowest BCUT2D eigenvalue weighted by molar-refractivity contribution is -0.138. The van der Waals surface area contributed by atoms with Gasteiger partial charge in [-0.05, 0) is 29.7 Å². The molecule has 2 N–H and O–H groups in total. The Bertz CT molecular complexity index is 757. The van der Waals surface area contributed by atoms with Crippen LogP contribution < -0.4 is 10.1 Å². The fourth-order valence-electron chi connectivity index (χ4n) is 3.06. The molecule has 5 heteroatoms. The number of carboxylic acids is 1. The maximum Gasteiger partial charge on any atom is 0.303 e. The van der Waals surface area contributed by atoms with Crippen LogP contribution in [-0.4, -0.2) is 30.1 Å². The van der Waals surface area contributed by atoms with Gasteiger partial charge in [0.25, 0.3) is 0 Å². The molecule has 0 aliphatic rings. The standard InChI is InChI=1S/C22H29NO4/c1-2-3-4-7-16-27-20-11-10-17-8-5-6-9-18(17)19(20)14-15-23-21(24)12-13-22(25)26/h5-6,8-11H,2-4,7,12-16H2,1H3,(H,23,24)(H,25,26). The predicted molar refractivity (Wildman–Crippen MR) is 107 cm³/mol. The molecule has 2 aromatic rings. The second-order valence-corrected chi connectivity index (χ2v) is 6.67. The minimum absolute atomic E-state index is 0.00561. The molecule has 0 spiro atoms. The Morgan fingerprint density at radius 1 is 1.04 bits per heavy atom. The molecule has 5 nitrogen and oxygen atoms in total. The van der Waals surface area contributed by atoms with Gasteiger partial charge < -0.3 is 15.2 Å². The molecule has 0 heterocycles. The van der Waals surface area contributed by atoms with Crippen molar-refractivity contribution in [1.82, 2.24) is 5.32 Å². The van der Waals surface area contributed by atoms with E-state index in [1.54, 1.807) is 0 Å². The molecular weight excluding hydrogens is 342 g/mol. The summed E-state index contributed by atoms with van der Waals surface area (Å²) in [6.07, 6.45) is 5.12. The molecule has 146 valence electrons. The maximum absolute atomic E-state index is 11.8. The number of hydrogen-bond acceptors (Lipinski definition) is 3. The normalized spacial score (nSPS) is 10.7. The predicted octanol–water partition coefficient (Wildman–Crippen LogP) is 4.32. The van der Waals surface area contributed by atoms with E-state index in [1.165, 1.54) is 19.3 Å². The summed E-state index contributed by atoms with van der Waals surface area (Å²) in [6.45, 7) is 3.34. The lowest BCUT2D eigenvalue weighted by atomic mass is 10.0. The second kappa shape index (κ2) is 11.2. The van der Waals surface area contributed by atoms with E-state index in [-0.39, 0.29) is 18.7 Å². The van der Waals surface area contributed by atoms with Crippen molar-refractivity contribution in [2.75, 3.05) is 13.2 Å². The van der Waals surface area contributed by atoms with Crippen LogP contribution in [0.5, 0.6) is 5.75 Å².